The van der Waals surface area contributed by atoms with Gasteiger partial charge in [-0.3, -0.25) is 9.78 Å². The smallest absolute Gasteiger partial charge is 0.252 e. The van der Waals surface area contributed by atoms with Crippen LogP contribution in [0.15, 0.2) is 66.9 Å². The first-order valence-electron chi connectivity index (χ1n) is 7.30. The van der Waals surface area contributed by atoms with Crippen molar-refractivity contribution in [2.45, 2.75) is 19.4 Å². The van der Waals surface area contributed by atoms with E-state index in [-0.39, 0.29) is 5.91 Å². The topological polar surface area (TPSA) is 42.0 Å². The van der Waals surface area contributed by atoms with Crippen LogP contribution in [0.25, 0.3) is 10.9 Å². The van der Waals surface area contributed by atoms with Crippen molar-refractivity contribution in [2.75, 3.05) is 0 Å². The molecule has 3 rings (SSSR count). The number of rotatable bonds is 3. The average Bonchev–Trinajstić information content (AvgIpc) is 2.54. The Morgan fingerprint density at radius 3 is 2.50 bits per heavy atom. The molecule has 1 N–H and O–H groups in total. The molecular weight excluding hydrogens is 272 g/mol. The number of hydrogen-bond donors (Lipinski definition) is 1. The van der Waals surface area contributed by atoms with Gasteiger partial charge < -0.3 is 5.32 Å². The summed E-state index contributed by atoms with van der Waals surface area (Å²) in [6.45, 7) is 4.01. The van der Waals surface area contributed by atoms with Crippen molar-refractivity contribution in [3.8, 4) is 0 Å². The fraction of sp³-hybridized carbons (Fsp3) is 0.158. The van der Waals surface area contributed by atoms with Crippen molar-refractivity contribution >= 4 is 16.8 Å². The minimum atomic E-state index is -0.442. The Morgan fingerprint density at radius 1 is 0.955 bits per heavy atom. The van der Waals surface area contributed by atoms with Crippen LogP contribution in [0.1, 0.15) is 29.8 Å². The van der Waals surface area contributed by atoms with E-state index in [0.29, 0.717) is 5.56 Å². The number of carbonyl (C=O) groups is 1. The van der Waals surface area contributed by atoms with Crippen LogP contribution in [0.2, 0.25) is 0 Å². The molecule has 3 heteroatoms. The third-order valence-electron chi connectivity index (χ3n) is 3.81. The van der Waals surface area contributed by atoms with Gasteiger partial charge in [0.1, 0.15) is 0 Å². The normalized spacial score (nSPS) is 11.4. The molecule has 0 radical (unpaired) electrons. The van der Waals surface area contributed by atoms with Gasteiger partial charge in [-0.1, -0.05) is 42.5 Å². The van der Waals surface area contributed by atoms with Crippen molar-refractivity contribution in [2.24, 2.45) is 0 Å². The molecule has 2 aromatic carbocycles. The first kappa shape index (κ1) is 14.3. The van der Waals surface area contributed by atoms with E-state index in [1.54, 1.807) is 6.20 Å². The third-order valence-corrected chi connectivity index (χ3v) is 3.81. The van der Waals surface area contributed by atoms with E-state index in [4.69, 9.17) is 0 Å². The molecule has 0 saturated heterocycles. The molecule has 1 aromatic heterocycles. The highest BCUT2D eigenvalue weighted by molar-refractivity contribution is 6.06. The molecule has 0 spiro atoms. The minimum absolute atomic E-state index is 0.0903. The van der Waals surface area contributed by atoms with Crippen molar-refractivity contribution < 1.29 is 4.79 Å². The second kappa shape index (κ2) is 5.60. The van der Waals surface area contributed by atoms with Gasteiger partial charge in [-0.25, -0.2) is 0 Å². The molecule has 0 saturated carbocycles. The van der Waals surface area contributed by atoms with Crippen LogP contribution < -0.4 is 5.32 Å². The first-order valence-corrected chi connectivity index (χ1v) is 7.30. The number of hydrogen-bond acceptors (Lipinski definition) is 2. The van der Waals surface area contributed by atoms with Crippen molar-refractivity contribution in [1.82, 2.24) is 10.3 Å². The number of fused-ring (bicyclic) bond motifs is 1. The number of carbonyl (C=O) groups excluding carboxylic acids is 1. The van der Waals surface area contributed by atoms with Crippen molar-refractivity contribution in [3.05, 3.63) is 78.0 Å². The van der Waals surface area contributed by atoms with Crippen molar-refractivity contribution in [1.29, 1.82) is 0 Å². The highest BCUT2D eigenvalue weighted by Gasteiger charge is 2.23. The SMILES string of the molecule is CC(C)(NC(=O)c1cccc2ncccc12)c1ccccc1. The van der Waals surface area contributed by atoms with E-state index >= 15 is 0 Å². The Kier molecular flexibility index (Phi) is 3.63. The number of nitrogens with one attached hydrogen (secondary N) is 1. The summed E-state index contributed by atoms with van der Waals surface area (Å²) in [5.74, 6) is -0.0903. The van der Waals surface area contributed by atoms with Gasteiger partial charge in [0.05, 0.1) is 11.1 Å². The molecule has 110 valence electrons. The van der Waals surface area contributed by atoms with Crippen LogP contribution in [0.4, 0.5) is 0 Å². The van der Waals surface area contributed by atoms with Crippen LogP contribution >= 0.6 is 0 Å². The maximum atomic E-state index is 12.7. The van der Waals surface area contributed by atoms with E-state index in [9.17, 15) is 4.79 Å². The van der Waals surface area contributed by atoms with E-state index in [2.05, 4.69) is 10.3 Å². The molecule has 0 unspecified atom stereocenters. The Morgan fingerprint density at radius 2 is 1.73 bits per heavy atom. The van der Waals surface area contributed by atoms with Gasteiger partial charge in [0.2, 0.25) is 0 Å². The van der Waals surface area contributed by atoms with E-state index in [1.807, 2.05) is 74.5 Å². The molecule has 1 heterocycles. The van der Waals surface area contributed by atoms with Crippen LogP contribution in [0.3, 0.4) is 0 Å². The molecule has 0 aliphatic rings. The minimum Gasteiger partial charge on any atom is -0.343 e. The predicted octanol–water partition coefficient (Wildman–Crippen LogP) is 3.90. The number of benzene rings is 2. The summed E-state index contributed by atoms with van der Waals surface area (Å²) in [4.78, 5) is 17.0. The number of nitrogens with zero attached hydrogens (tertiary/aromatic N) is 1. The van der Waals surface area contributed by atoms with Crippen LogP contribution in [-0.4, -0.2) is 10.9 Å². The lowest BCUT2D eigenvalue weighted by Gasteiger charge is -2.27. The van der Waals surface area contributed by atoms with E-state index in [0.717, 1.165) is 16.5 Å². The predicted molar refractivity (Wildman–Crippen MR) is 88.7 cm³/mol. The zero-order valence-corrected chi connectivity index (χ0v) is 12.7. The summed E-state index contributed by atoms with van der Waals surface area (Å²) < 4.78 is 0. The zero-order valence-electron chi connectivity index (χ0n) is 12.7. The van der Waals surface area contributed by atoms with Gasteiger partial charge >= 0.3 is 0 Å². The second-order valence-corrected chi connectivity index (χ2v) is 5.82. The van der Waals surface area contributed by atoms with Gasteiger partial charge in [0.25, 0.3) is 5.91 Å². The molecule has 3 aromatic rings. The quantitative estimate of drug-likeness (QED) is 0.795. The fourth-order valence-corrected chi connectivity index (χ4v) is 2.58. The number of aromatic nitrogens is 1. The lowest BCUT2D eigenvalue weighted by molar-refractivity contribution is 0.0914. The van der Waals surface area contributed by atoms with Gasteiger partial charge in [-0.2, -0.15) is 0 Å². The number of pyridine rings is 1. The molecule has 0 aliphatic heterocycles. The lowest BCUT2D eigenvalue weighted by Crippen LogP contribution is -2.41. The maximum Gasteiger partial charge on any atom is 0.252 e. The van der Waals surface area contributed by atoms with Crippen molar-refractivity contribution in [3.63, 3.8) is 0 Å². The highest BCUT2D eigenvalue weighted by Crippen LogP contribution is 2.22. The zero-order chi connectivity index (χ0) is 15.6. The summed E-state index contributed by atoms with van der Waals surface area (Å²) in [5, 5.41) is 3.98. The Labute approximate surface area is 130 Å². The molecular formula is C19H18N2O. The summed E-state index contributed by atoms with van der Waals surface area (Å²) in [6.07, 6.45) is 1.73. The largest absolute Gasteiger partial charge is 0.343 e. The molecule has 1 amide bonds. The molecule has 0 atom stereocenters. The first-order chi connectivity index (χ1) is 10.6. The second-order valence-electron chi connectivity index (χ2n) is 5.82. The molecule has 0 bridgehead atoms. The van der Waals surface area contributed by atoms with E-state index < -0.39 is 5.54 Å². The monoisotopic (exact) mass is 290 g/mol. The Bertz CT molecular complexity index is 805. The Balaban J connectivity index is 1.94. The standard InChI is InChI=1S/C19H18N2O/c1-19(2,14-8-4-3-5-9-14)21-18(22)16-10-6-12-17-15(16)11-7-13-20-17/h3-13H,1-2H3,(H,21,22). The van der Waals surface area contributed by atoms with Gasteiger partial charge in [0.15, 0.2) is 0 Å². The summed E-state index contributed by atoms with van der Waals surface area (Å²) in [7, 11) is 0. The summed E-state index contributed by atoms with van der Waals surface area (Å²) >= 11 is 0. The lowest BCUT2D eigenvalue weighted by atomic mass is 9.93. The highest BCUT2D eigenvalue weighted by atomic mass is 16.1. The molecule has 0 aliphatic carbocycles. The van der Waals surface area contributed by atoms with Gasteiger partial charge in [-0.15, -0.1) is 0 Å². The van der Waals surface area contributed by atoms with Gasteiger partial charge in [-0.05, 0) is 37.6 Å². The summed E-state index contributed by atoms with van der Waals surface area (Å²) in [5.41, 5.74) is 2.10. The molecule has 3 nitrogen and oxygen atoms in total. The number of amides is 1. The van der Waals surface area contributed by atoms with Crippen LogP contribution in [-0.2, 0) is 5.54 Å². The van der Waals surface area contributed by atoms with Gasteiger partial charge in [0, 0.05) is 17.1 Å². The maximum absolute atomic E-state index is 12.7. The molecule has 22 heavy (non-hydrogen) atoms. The third kappa shape index (κ3) is 2.70. The Hall–Kier alpha value is -2.68. The van der Waals surface area contributed by atoms with Crippen LogP contribution in [0.5, 0.6) is 0 Å². The fourth-order valence-electron chi connectivity index (χ4n) is 2.58. The molecule has 0 fully saturated rings. The van der Waals surface area contributed by atoms with Crippen LogP contribution in [0, 0.1) is 0 Å². The summed E-state index contributed by atoms with van der Waals surface area (Å²) in [6, 6.07) is 19.3. The average molecular weight is 290 g/mol. The van der Waals surface area contributed by atoms with E-state index in [1.165, 1.54) is 0 Å².